The summed E-state index contributed by atoms with van der Waals surface area (Å²) in [5.41, 5.74) is 6.88. The molecule has 0 N–H and O–H groups in total. The first-order chi connectivity index (χ1) is 16.8. The van der Waals surface area contributed by atoms with Crippen molar-refractivity contribution in [3.8, 4) is 5.69 Å². The lowest BCUT2D eigenvalue weighted by molar-refractivity contribution is 0.668. The van der Waals surface area contributed by atoms with Gasteiger partial charge in [-0.2, -0.15) is 0 Å². The van der Waals surface area contributed by atoms with Crippen LogP contribution in [-0.4, -0.2) is 4.57 Å². The number of fused-ring (bicyclic) bond motifs is 10. The zero-order valence-corrected chi connectivity index (χ0v) is 19.5. The lowest BCUT2D eigenvalue weighted by Gasteiger charge is -2.08. The predicted octanol–water partition coefficient (Wildman–Crippen LogP) is 9.34. The van der Waals surface area contributed by atoms with Gasteiger partial charge in [-0.15, -0.1) is 0 Å². The van der Waals surface area contributed by atoms with Gasteiger partial charge in [0.05, 0.1) is 11.0 Å². The van der Waals surface area contributed by atoms with Crippen molar-refractivity contribution in [2.45, 2.75) is 0 Å². The molecule has 3 heterocycles. The maximum atomic E-state index is 6.47. The van der Waals surface area contributed by atoms with Crippen molar-refractivity contribution in [2.75, 3.05) is 0 Å². The van der Waals surface area contributed by atoms with Crippen LogP contribution in [-0.2, 0) is 0 Å². The number of nitrogens with zero attached hydrogens (tertiary/aromatic N) is 1. The van der Waals surface area contributed by atoms with E-state index in [0.29, 0.717) is 0 Å². The predicted molar refractivity (Wildman–Crippen MR) is 143 cm³/mol. The zero-order chi connectivity index (χ0) is 22.4. The highest BCUT2D eigenvalue weighted by Gasteiger charge is 2.19. The fourth-order valence-corrected chi connectivity index (χ4v) is 5.97. The molecule has 0 fully saturated rings. The van der Waals surface area contributed by atoms with Crippen molar-refractivity contribution >= 4 is 81.6 Å². The van der Waals surface area contributed by atoms with Gasteiger partial charge in [-0.25, -0.2) is 0 Å². The van der Waals surface area contributed by atoms with E-state index in [1.807, 2.05) is 24.3 Å². The van der Waals surface area contributed by atoms with Crippen LogP contribution in [0.2, 0.25) is 0 Å². The normalized spacial score (nSPS) is 12.3. The molecule has 3 aromatic heterocycles. The average molecular weight is 502 g/mol. The molecule has 0 radical (unpaired) electrons. The van der Waals surface area contributed by atoms with E-state index in [1.54, 1.807) is 0 Å². The summed E-state index contributed by atoms with van der Waals surface area (Å²) in [6.45, 7) is 0. The fraction of sp³-hybridized carbons (Fsp3) is 0. The van der Waals surface area contributed by atoms with Crippen LogP contribution in [0.15, 0.2) is 110 Å². The number of halogens is 1. The first kappa shape index (κ1) is 18.4. The van der Waals surface area contributed by atoms with Gasteiger partial charge in [0.1, 0.15) is 16.7 Å². The molecule has 0 spiro atoms. The van der Waals surface area contributed by atoms with Crippen LogP contribution in [0.1, 0.15) is 0 Å². The van der Waals surface area contributed by atoms with Gasteiger partial charge in [0.2, 0.25) is 0 Å². The molecule has 0 saturated heterocycles. The quantitative estimate of drug-likeness (QED) is 0.224. The molecule has 0 amide bonds. The summed E-state index contributed by atoms with van der Waals surface area (Å²) in [7, 11) is 0. The number of furan rings is 2. The van der Waals surface area contributed by atoms with E-state index >= 15 is 0 Å². The molecule has 3 nitrogen and oxygen atoms in total. The molecule has 8 rings (SSSR count). The molecule has 0 aliphatic heterocycles. The minimum Gasteiger partial charge on any atom is -0.456 e. The van der Waals surface area contributed by atoms with Crippen LogP contribution in [0.25, 0.3) is 71.4 Å². The van der Waals surface area contributed by atoms with Gasteiger partial charge in [0, 0.05) is 42.5 Å². The number of benzene rings is 5. The van der Waals surface area contributed by atoms with E-state index in [4.69, 9.17) is 8.83 Å². The highest BCUT2D eigenvalue weighted by atomic mass is 79.9. The minimum absolute atomic E-state index is 0.875. The molecule has 0 aliphatic rings. The summed E-state index contributed by atoms with van der Waals surface area (Å²) < 4.78 is 16.0. The van der Waals surface area contributed by atoms with E-state index in [0.717, 1.165) is 65.1 Å². The number of hydrogen-bond donors (Lipinski definition) is 0. The van der Waals surface area contributed by atoms with Gasteiger partial charge in [-0.1, -0.05) is 64.5 Å². The second kappa shape index (κ2) is 6.52. The first-order valence-electron chi connectivity index (χ1n) is 11.2. The lowest BCUT2D eigenvalue weighted by atomic mass is 10.1. The third-order valence-electron chi connectivity index (χ3n) is 6.87. The smallest absolute Gasteiger partial charge is 0.160 e. The number of para-hydroxylation sites is 2. The van der Waals surface area contributed by atoms with Crippen molar-refractivity contribution in [1.29, 1.82) is 0 Å². The van der Waals surface area contributed by atoms with Crippen LogP contribution < -0.4 is 0 Å². The highest BCUT2D eigenvalue weighted by Crippen LogP contribution is 2.41. The zero-order valence-electron chi connectivity index (χ0n) is 17.9. The summed E-state index contributed by atoms with van der Waals surface area (Å²) in [5.74, 6) is 0. The van der Waals surface area contributed by atoms with Crippen LogP contribution in [0.3, 0.4) is 0 Å². The molecule has 0 aliphatic carbocycles. The molecule has 0 atom stereocenters. The molecule has 0 unspecified atom stereocenters. The van der Waals surface area contributed by atoms with Crippen molar-refractivity contribution in [3.05, 3.63) is 102 Å². The Morgan fingerprint density at radius 1 is 0.559 bits per heavy atom. The van der Waals surface area contributed by atoms with Crippen molar-refractivity contribution in [2.24, 2.45) is 0 Å². The Kier molecular flexibility index (Phi) is 3.53. The highest BCUT2D eigenvalue weighted by molar-refractivity contribution is 9.10. The van der Waals surface area contributed by atoms with Crippen molar-refractivity contribution in [3.63, 3.8) is 0 Å². The summed E-state index contributed by atoms with van der Waals surface area (Å²) >= 11 is 3.72. The third-order valence-corrected chi connectivity index (χ3v) is 7.53. The van der Waals surface area contributed by atoms with Gasteiger partial charge in [-0.05, 0) is 48.5 Å². The van der Waals surface area contributed by atoms with Gasteiger partial charge in [-0.3, -0.25) is 0 Å². The Bertz CT molecular complexity index is 2090. The largest absolute Gasteiger partial charge is 0.456 e. The second-order valence-corrected chi connectivity index (χ2v) is 9.54. The third kappa shape index (κ3) is 2.31. The van der Waals surface area contributed by atoms with Crippen LogP contribution in [0.5, 0.6) is 0 Å². The van der Waals surface area contributed by atoms with E-state index in [2.05, 4.69) is 93.3 Å². The van der Waals surface area contributed by atoms with E-state index in [9.17, 15) is 0 Å². The van der Waals surface area contributed by atoms with Gasteiger partial charge < -0.3 is 13.4 Å². The number of hydrogen-bond acceptors (Lipinski definition) is 2. The van der Waals surface area contributed by atoms with Gasteiger partial charge in [0.25, 0.3) is 0 Å². The van der Waals surface area contributed by atoms with E-state index in [-0.39, 0.29) is 0 Å². The summed E-state index contributed by atoms with van der Waals surface area (Å²) in [6, 6.07) is 33.7. The topological polar surface area (TPSA) is 31.2 Å². The van der Waals surface area contributed by atoms with E-state index < -0.39 is 0 Å². The Morgan fingerprint density at radius 2 is 1.32 bits per heavy atom. The Hall–Kier alpha value is -4.02. The molecule has 4 heteroatoms. The molecular formula is C30H16BrNO2. The molecule has 160 valence electrons. The fourth-order valence-electron chi connectivity index (χ4n) is 5.41. The number of aromatic nitrogens is 1. The Morgan fingerprint density at radius 3 is 2.26 bits per heavy atom. The number of rotatable bonds is 1. The first-order valence-corrected chi connectivity index (χ1v) is 12.0. The molecular weight excluding hydrogens is 486 g/mol. The van der Waals surface area contributed by atoms with Crippen LogP contribution >= 0.6 is 15.9 Å². The monoisotopic (exact) mass is 501 g/mol. The van der Waals surface area contributed by atoms with Crippen molar-refractivity contribution in [1.82, 2.24) is 4.57 Å². The molecule has 0 bridgehead atoms. The summed E-state index contributed by atoms with van der Waals surface area (Å²) in [6.07, 6.45) is 0. The summed E-state index contributed by atoms with van der Waals surface area (Å²) in [5, 5.41) is 6.83. The van der Waals surface area contributed by atoms with E-state index in [1.165, 1.54) is 10.8 Å². The SMILES string of the molecule is Brc1cccc2oc3ccc(-n4c5ccccc5c5ccc6c7ccccc7oc6c54)cc3c12. The minimum atomic E-state index is 0.875. The Balaban J connectivity index is 1.57. The van der Waals surface area contributed by atoms with Gasteiger partial charge in [0.15, 0.2) is 5.58 Å². The molecule has 8 aromatic rings. The Labute approximate surface area is 201 Å². The molecule has 5 aromatic carbocycles. The second-order valence-electron chi connectivity index (χ2n) is 8.68. The lowest BCUT2D eigenvalue weighted by Crippen LogP contribution is -1.93. The summed E-state index contributed by atoms with van der Waals surface area (Å²) in [4.78, 5) is 0. The van der Waals surface area contributed by atoms with Gasteiger partial charge >= 0.3 is 0 Å². The maximum Gasteiger partial charge on any atom is 0.160 e. The van der Waals surface area contributed by atoms with Crippen molar-refractivity contribution < 1.29 is 8.83 Å². The maximum absolute atomic E-state index is 6.47. The standard InChI is InChI=1S/C30H16BrNO2/c31-23-8-5-11-27-28(23)22-16-17(12-15-26(22)33-27)32-24-9-3-1-6-18(24)20-13-14-21-19-7-2-4-10-25(19)34-30(21)29(20)32/h1-16H. The van der Waals surface area contributed by atoms with Crippen LogP contribution in [0, 0.1) is 0 Å². The molecule has 34 heavy (non-hydrogen) atoms. The van der Waals surface area contributed by atoms with Crippen LogP contribution in [0.4, 0.5) is 0 Å². The molecule has 0 saturated carbocycles. The average Bonchev–Trinajstić information content (AvgIpc) is 3.53.